The Morgan fingerprint density at radius 2 is 1.76 bits per heavy atom. The minimum absolute atomic E-state index is 0.132. The highest BCUT2D eigenvalue weighted by Gasteiger charge is 2.18. The van der Waals surface area contributed by atoms with Gasteiger partial charge in [-0.3, -0.25) is 9.20 Å². The number of hydrogen-bond donors (Lipinski definition) is 0. The monoisotopic (exact) mass is 447 g/mol. The number of fused-ring (bicyclic) bond motifs is 2. The molecule has 5 rings (SSSR count). The molecule has 0 saturated heterocycles. The summed E-state index contributed by atoms with van der Waals surface area (Å²) in [7, 11) is 1.84. The Kier molecular flexibility index (Phi) is 5.19. The van der Waals surface area contributed by atoms with Crippen molar-refractivity contribution in [2.24, 2.45) is 7.05 Å². The Labute approximate surface area is 195 Å². The zero-order chi connectivity index (χ0) is 23.8. The van der Waals surface area contributed by atoms with Crippen LogP contribution in [0.2, 0.25) is 0 Å². The van der Waals surface area contributed by atoms with Gasteiger partial charge < -0.3 is 9.30 Å². The van der Waals surface area contributed by atoms with Crippen LogP contribution in [0.5, 0.6) is 11.6 Å². The van der Waals surface area contributed by atoms with Gasteiger partial charge in [-0.1, -0.05) is 24.3 Å². The van der Waals surface area contributed by atoms with Crippen molar-refractivity contribution in [1.82, 2.24) is 18.9 Å². The van der Waals surface area contributed by atoms with Gasteiger partial charge in [0.25, 0.3) is 5.56 Å². The highest BCUT2D eigenvalue weighted by atomic mass is 16.5. The van der Waals surface area contributed by atoms with Gasteiger partial charge in [0.05, 0.1) is 16.6 Å². The van der Waals surface area contributed by atoms with Gasteiger partial charge in [0.2, 0.25) is 5.88 Å². The van der Waals surface area contributed by atoms with Crippen LogP contribution >= 0.6 is 0 Å². The smallest absolute Gasteiger partial charge is 0.269 e. The molecule has 0 N–H and O–H groups in total. The first-order valence-corrected chi connectivity index (χ1v) is 10.8. The maximum Gasteiger partial charge on any atom is 0.269 e. The van der Waals surface area contributed by atoms with Gasteiger partial charge in [-0.15, -0.1) is 0 Å². The SMILES string of the molecule is Cc1cc(C)cc(Oc2nc3ccccn3c(=O)c2C=C(C#N)c2nc3ccccc3n2C)c1. The third kappa shape index (κ3) is 3.71. The van der Waals surface area contributed by atoms with Crippen molar-refractivity contribution in [1.29, 1.82) is 5.26 Å². The van der Waals surface area contributed by atoms with Crippen molar-refractivity contribution in [3.05, 3.63) is 99.7 Å². The van der Waals surface area contributed by atoms with Crippen molar-refractivity contribution in [3.63, 3.8) is 0 Å². The topological polar surface area (TPSA) is 85.2 Å². The van der Waals surface area contributed by atoms with Crippen molar-refractivity contribution in [2.45, 2.75) is 13.8 Å². The molecule has 7 nitrogen and oxygen atoms in total. The molecule has 0 radical (unpaired) electrons. The summed E-state index contributed by atoms with van der Waals surface area (Å²) in [5.41, 5.74) is 4.23. The normalized spacial score (nSPS) is 11.6. The van der Waals surface area contributed by atoms with E-state index in [1.54, 1.807) is 24.4 Å². The third-order valence-corrected chi connectivity index (χ3v) is 5.58. The Bertz CT molecular complexity index is 1680. The maximum absolute atomic E-state index is 13.5. The lowest BCUT2D eigenvalue weighted by Gasteiger charge is -2.11. The summed E-state index contributed by atoms with van der Waals surface area (Å²) in [5.74, 6) is 1.16. The van der Waals surface area contributed by atoms with E-state index in [0.29, 0.717) is 17.2 Å². The molecule has 0 saturated carbocycles. The maximum atomic E-state index is 13.5. The molecule has 0 amide bonds. The molecule has 0 spiro atoms. The average molecular weight is 447 g/mol. The summed E-state index contributed by atoms with van der Waals surface area (Å²) in [6.07, 6.45) is 3.15. The zero-order valence-corrected chi connectivity index (χ0v) is 19.0. The van der Waals surface area contributed by atoms with Crippen molar-refractivity contribution in [3.8, 4) is 17.7 Å². The fraction of sp³-hybridized carbons (Fsp3) is 0.111. The lowest BCUT2D eigenvalue weighted by atomic mass is 10.1. The van der Waals surface area contributed by atoms with Crippen LogP contribution in [0, 0.1) is 25.2 Å². The number of rotatable bonds is 4. The molecule has 0 aliphatic rings. The van der Waals surface area contributed by atoms with Crippen LogP contribution in [-0.2, 0) is 7.05 Å². The molecule has 3 aromatic heterocycles. The lowest BCUT2D eigenvalue weighted by Crippen LogP contribution is -2.18. The molecule has 5 aromatic rings. The molecule has 34 heavy (non-hydrogen) atoms. The lowest BCUT2D eigenvalue weighted by molar-refractivity contribution is 0.460. The van der Waals surface area contributed by atoms with E-state index in [1.807, 2.05) is 67.9 Å². The largest absolute Gasteiger partial charge is 0.438 e. The summed E-state index contributed by atoms with van der Waals surface area (Å²) < 4.78 is 9.39. The average Bonchev–Trinajstić information content (AvgIpc) is 3.15. The van der Waals surface area contributed by atoms with Crippen LogP contribution in [0.15, 0.2) is 71.7 Å². The zero-order valence-electron chi connectivity index (χ0n) is 19.0. The molecule has 3 heterocycles. The van der Waals surface area contributed by atoms with Crippen molar-refractivity contribution in [2.75, 3.05) is 0 Å². The van der Waals surface area contributed by atoms with Gasteiger partial charge in [0.15, 0.2) is 5.82 Å². The summed E-state index contributed by atoms with van der Waals surface area (Å²) in [6.45, 7) is 3.95. The van der Waals surface area contributed by atoms with Gasteiger partial charge >= 0.3 is 0 Å². The molecule has 166 valence electrons. The highest BCUT2D eigenvalue weighted by molar-refractivity contribution is 5.91. The summed E-state index contributed by atoms with van der Waals surface area (Å²) in [4.78, 5) is 22.7. The van der Waals surface area contributed by atoms with E-state index in [-0.39, 0.29) is 22.6 Å². The fourth-order valence-electron chi connectivity index (χ4n) is 4.06. The molecular formula is C27H21N5O2. The predicted molar refractivity (Wildman–Crippen MR) is 132 cm³/mol. The molecule has 0 aliphatic carbocycles. The third-order valence-electron chi connectivity index (χ3n) is 5.58. The minimum Gasteiger partial charge on any atom is -0.438 e. The number of aryl methyl sites for hydroxylation is 3. The molecule has 0 fully saturated rings. The molecule has 2 aromatic carbocycles. The van der Waals surface area contributed by atoms with Crippen LogP contribution < -0.4 is 10.3 Å². The highest BCUT2D eigenvalue weighted by Crippen LogP contribution is 2.28. The number of para-hydroxylation sites is 2. The summed E-state index contributed by atoms with van der Waals surface area (Å²) in [5, 5.41) is 10.0. The quantitative estimate of drug-likeness (QED) is 0.360. The summed E-state index contributed by atoms with van der Waals surface area (Å²) in [6, 6.07) is 20.9. The van der Waals surface area contributed by atoms with Gasteiger partial charge in [-0.25, -0.2) is 4.98 Å². The first-order chi connectivity index (χ1) is 16.4. The Morgan fingerprint density at radius 1 is 1.03 bits per heavy atom. The number of hydrogen-bond acceptors (Lipinski definition) is 5. The van der Waals surface area contributed by atoms with Crippen LogP contribution in [0.4, 0.5) is 0 Å². The second kappa shape index (κ2) is 8.34. The number of aromatic nitrogens is 4. The molecule has 0 atom stereocenters. The number of nitrogens with zero attached hydrogens (tertiary/aromatic N) is 5. The number of allylic oxidation sites excluding steroid dienone is 1. The van der Waals surface area contributed by atoms with Gasteiger partial charge in [0.1, 0.15) is 23.0 Å². The van der Waals surface area contributed by atoms with E-state index in [2.05, 4.69) is 16.0 Å². The molecule has 7 heteroatoms. The van der Waals surface area contributed by atoms with Crippen LogP contribution in [-0.4, -0.2) is 18.9 Å². The summed E-state index contributed by atoms with van der Waals surface area (Å²) >= 11 is 0. The van der Waals surface area contributed by atoms with Gasteiger partial charge in [-0.05, 0) is 67.4 Å². The van der Waals surface area contributed by atoms with Crippen molar-refractivity contribution < 1.29 is 4.74 Å². The predicted octanol–water partition coefficient (Wildman–Crippen LogP) is 5.05. The number of nitriles is 1. The standard InChI is InChI=1S/C27H21N5O2/c1-17-12-18(2)14-20(13-17)34-26-21(27(33)32-11-7-6-10-24(32)30-26)15-19(16-28)25-29-22-8-4-5-9-23(22)31(25)3/h4-15H,1-3H3. The molecule has 0 unspecified atom stereocenters. The Hall–Kier alpha value is -4.70. The van der Waals surface area contributed by atoms with E-state index in [4.69, 9.17) is 4.74 Å². The first kappa shape index (κ1) is 21.2. The van der Waals surface area contributed by atoms with Crippen LogP contribution in [0.25, 0.3) is 28.3 Å². The van der Waals surface area contributed by atoms with E-state index in [1.165, 1.54) is 10.5 Å². The molecular weight excluding hydrogens is 426 g/mol. The van der Waals surface area contributed by atoms with Gasteiger partial charge in [-0.2, -0.15) is 10.2 Å². The fourth-order valence-corrected chi connectivity index (χ4v) is 4.06. The van der Waals surface area contributed by atoms with Crippen LogP contribution in [0.3, 0.4) is 0 Å². The number of ether oxygens (including phenoxy) is 1. The van der Waals surface area contributed by atoms with E-state index >= 15 is 0 Å². The van der Waals surface area contributed by atoms with Crippen LogP contribution in [0.1, 0.15) is 22.5 Å². The minimum atomic E-state index is -0.337. The van der Waals surface area contributed by atoms with E-state index in [9.17, 15) is 10.1 Å². The number of benzene rings is 2. The van der Waals surface area contributed by atoms with E-state index < -0.39 is 0 Å². The first-order valence-electron chi connectivity index (χ1n) is 10.8. The Balaban J connectivity index is 1.73. The van der Waals surface area contributed by atoms with Crippen molar-refractivity contribution >= 4 is 28.3 Å². The number of pyridine rings is 1. The second-order valence-electron chi connectivity index (χ2n) is 8.14. The Morgan fingerprint density at radius 3 is 2.50 bits per heavy atom. The molecule has 0 bridgehead atoms. The van der Waals surface area contributed by atoms with E-state index in [0.717, 1.165) is 22.2 Å². The molecule has 0 aliphatic heterocycles. The van der Waals surface area contributed by atoms with Gasteiger partial charge in [0, 0.05) is 13.2 Å². The second-order valence-corrected chi connectivity index (χ2v) is 8.14. The number of imidazole rings is 1.